The van der Waals surface area contributed by atoms with Crippen LogP contribution in [0, 0.1) is 0 Å². The molecule has 4 heteroatoms. The fourth-order valence-corrected chi connectivity index (χ4v) is 1.59. The average Bonchev–Trinajstić information content (AvgIpc) is 3.14. The molecule has 2 aliphatic carbocycles. The van der Waals surface area contributed by atoms with Gasteiger partial charge in [-0.1, -0.05) is 0 Å². The predicted octanol–water partition coefficient (Wildman–Crippen LogP) is 1.55. The van der Waals surface area contributed by atoms with E-state index in [4.69, 9.17) is 0 Å². The van der Waals surface area contributed by atoms with Gasteiger partial charge in [-0.2, -0.15) is 0 Å². The van der Waals surface area contributed by atoms with E-state index in [9.17, 15) is 4.79 Å². The third-order valence-electron chi connectivity index (χ3n) is 2.85. The van der Waals surface area contributed by atoms with Gasteiger partial charge in [-0.25, -0.2) is 0 Å². The molecule has 0 bridgehead atoms. The van der Waals surface area contributed by atoms with Crippen molar-refractivity contribution in [3.63, 3.8) is 0 Å². The van der Waals surface area contributed by atoms with E-state index in [0.29, 0.717) is 17.8 Å². The summed E-state index contributed by atoms with van der Waals surface area (Å²) in [6.07, 6.45) is 6.35. The van der Waals surface area contributed by atoms with Crippen LogP contribution in [0.4, 0.5) is 5.69 Å². The summed E-state index contributed by atoms with van der Waals surface area (Å²) in [5.74, 6) is -0.0538. The molecule has 0 radical (unpaired) electrons. The zero-order valence-electron chi connectivity index (χ0n) is 9.07. The van der Waals surface area contributed by atoms with Gasteiger partial charge in [0.1, 0.15) is 5.69 Å². The maximum Gasteiger partial charge on any atom is 0.270 e. The number of aromatic nitrogens is 1. The third-order valence-corrected chi connectivity index (χ3v) is 2.85. The molecule has 2 N–H and O–H groups in total. The van der Waals surface area contributed by atoms with Crippen LogP contribution in [0.15, 0.2) is 18.3 Å². The van der Waals surface area contributed by atoms with Crippen molar-refractivity contribution < 1.29 is 4.79 Å². The minimum atomic E-state index is -0.0538. The van der Waals surface area contributed by atoms with E-state index < -0.39 is 0 Å². The van der Waals surface area contributed by atoms with Crippen LogP contribution in [0.2, 0.25) is 0 Å². The monoisotopic (exact) mass is 217 g/mol. The second-order valence-electron chi connectivity index (χ2n) is 4.60. The molecule has 0 atom stereocenters. The number of hydrogen-bond acceptors (Lipinski definition) is 3. The molecule has 16 heavy (non-hydrogen) atoms. The third kappa shape index (κ3) is 2.32. The molecule has 0 aliphatic heterocycles. The molecular formula is C12H15N3O. The molecule has 4 nitrogen and oxygen atoms in total. The number of amides is 1. The standard InChI is InChI=1S/C12H15N3O/c16-12(15-9-3-4-9)11-7-10(5-6-13-11)14-8-1-2-8/h5-9H,1-4H2,(H,13,14)(H,15,16). The van der Waals surface area contributed by atoms with Crippen molar-refractivity contribution in [2.75, 3.05) is 5.32 Å². The number of pyridine rings is 1. The molecule has 1 aromatic heterocycles. The second kappa shape index (κ2) is 3.77. The van der Waals surface area contributed by atoms with Crippen LogP contribution in [0.3, 0.4) is 0 Å². The highest BCUT2D eigenvalue weighted by Crippen LogP contribution is 2.24. The van der Waals surface area contributed by atoms with Gasteiger partial charge in [0.05, 0.1) is 0 Å². The number of carbonyl (C=O) groups is 1. The van der Waals surface area contributed by atoms with Gasteiger partial charge in [-0.15, -0.1) is 0 Å². The largest absolute Gasteiger partial charge is 0.382 e. The molecule has 3 rings (SSSR count). The summed E-state index contributed by atoms with van der Waals surface area (Å²) < 4.78 is 0. The van der Waals surface area contributed by atoms with E-state index >= 15 is 0 Å². The van der Waals surface area contributed by atoms with E-state index in [0.717, 1.165) is 18.5 Å². The van der Waals surface area contributed by atoms with Gasteiger partial charge >= 0.3 is 0 Å². The van der Waals surface area contributed by atoms with Crippen LogP contribution >= 0.6 is 0 Å². The number of carbonyl (C=O) groups excluding carboxylic acids is 1. The Hall–Kier alpha value is -1.58. The summed E-state index contributed by atoms with van der Waals surface area (Å²) in [6.45, 7) is 0. The summed E-state index contributed by atoms with van der Waals surface area (Å²) in [6, 6.07) is 4.72. The molecule has 84 valence electrons. The quantitative estimate of drug-likeness (QED) is 0.804. The first-order chi connectivity index (χ1) is 7.81. The number of hydrogen-bond donors (Lipinski definition) is 2. The van der Waals surface area contributed by atoms with E-state index in [-0.39, 0.29) is 5.91 Å². The molecule has 0 saturated heterocycles. The highest BCUT2D eigenvalue weighted by molar-refractivity contribution is 5.93. The Balaban J connectivity index is 1.69. The van der Waals surface area contributed by atoms with Gasteiger partial charge in [0.25, 0.3) is 5.91 Å². The first-order valence-corrected chi connectivity index (χ1v) is 5.85. The fourth-order valence-electron chi connectivity index (χ4n) is 1.59. The van der Waals surface area contributed by atoms with Crippen LogP contribution in [-0.2, 0) is 0 Å². The summed E-state index contributed by atoms with van der Waals surface area (Å²) in [7, 11) is 0. The van der Waals surface area contributed by atoms with E-state index in [1.165, 1.54) is 12.8 Å². The number of nitrogens with zero attached hydrogens (tertiary/aromatic N) is 1. The molecule has 1 amide bonds. The number of rotatable bonds is 4. The minimum absolute atomic E-state index is 0.0538. The first kappa shape index (κ1) is 9.63. The molecule has 2 saturated carbocycles. The lowest BCUT2D eigenvalue weighted by Crippen LogP contribution is -2.26. The highest BCUT2D eigenvalue weighted by Gasteiger charge is 2.25. The van der Waals surface area contributed by atoms with Gasteiger partial charge < -0.3 is 10.6 Å². The molecule has 1 heterocycles. The van der Waals surface area contributed by atoms with Gasteiger partial charge in [0, 0.05) is 24.0 Å². The van der Waals surface area contributed by atoms with Crippen molar-refractivity contribution in [3.8, 4) is 0 Å². The maximum atomic E-state index is 11.7. The Bertz CT molecular complexity index is 410. The fraction of sp³-hybridized carbons (Fsp3) is 0.500. The van der Waals surface area contributed by atoms with Gasteiger partial charge in [-0.3, -0.25) is 9.78 Å². The molecule has 1 aromatic rings. The van der Waals surface area contributed by atoms with Crippen molar-refractivity contribution in [1.82, 2.24) is 10.3 Å². The van der Waals surface area contributed by atoms with Crippen molar-refractivity contribution >= 4 is 11.6 Å². The van der Waals surface area contributed by atoms with Crippen molar-refractivity contribution in [1.29, 1.82) is 0 Å². The lowest BCUT2D eigenvalue weighted by molar-refractivity contribution is 0.0946. The molecule has 2 aliphatic rings. The van der Waals surface area contributed by atoms with Crippen LogP contribution < -0.4 is 10.6 Å². The zero-order valence-corrected chi connectivity index (χ0v) is 9.07. The van der Waals surface area contributed by atoms with Crippen LogP contribution in [0.1, 0.15) is 36.2 Å². The summed E-state index contributed by atoms with van der Waals surface area (Å²) in [5.41, 5.74) is 1.51. The van der Waals surface area contributed by atoms with Gasteiger partial charge in [0.15, 0.2) is 0 Å². The summed E-state index contributed by atoms with van der Waals surface area (Å²) in [5, 5.41) is 6.30. The Labute approximate surface area is 94.5 Å². The second-order valence-corrected chi connectivity index (χ2v) is 4.60. The lowest BCUT2D eigenvalue weighted by atomic mass is 10.3. The highest BCUT2D eigenvalue weighted by atomic mass is 16.2. The Kier molecular flexibility index (Phi) is 2.27. The van der Waals surface area contributed by atoms with Gasteiger partial charge in [-0.05, 0) is 37.8 Å². The Morgan fingerprint density at radius 2 is 2.00 bits per heavy atom. The lowest BCUT2D eigenvalue weighted by Gasteiger charge is -2.06. The van der Waals surface area contributed by atoms with Crippen LogP contribution in [0.25, 0.3) is 0 Å². The minimum Gasteiger partial charge on any atom is -0.382 e. The Morgan fingerprint density at radius 3 is 2.69 bits per heavy atom. The topological polar surface area (TPSA) is 54.0 Å². The zero-order chi connectivity index (χ0) is 11.0. The summed E-state index contributed by atoms with van der Waals surface area (Å²) in [4.78, 5) is 15.8. The van der Waals surface area contributed by atoms with Crippen molar-refractivity contribution in [2.24, 2.45) is 0 Å². The summed E-state index contributed by atoms with van der Waals surface area (Å²) >= 11 is 0. The number of nitrogens with one attached hydrogen (secondary N) is 2. The van der Waals surface area contributed by atoms with E-state index in [1.807, 2.05) is 12.1 Å². The van der Waals surface area contributed by atoms with Crippen LogP contribution in [0.5, 0.6) is 0 Å². The first-order valence-electron chi connectivity index (χ1n) is 5.85. The normalized spacial score (nSPS) is 19.2. The number of anilines is 1. The maximum absolute atomic E-state index is 11.7. The van der Waals surface area contributed by atoms with E-state index in [1.54, 1.807) is 6.20 Å². The SMILES string of the molecule is O=C(NC1CC1)c1cc(NC2CC2)ccn1. The van der Waals surface area contributed by atoms with Gasteiger partial charge in [0.2, 0.25) is 0 Å². The molecule has 0 unspecified atom stereocenters. The molecular weight excluding hydrogens is 202 g/mol. The van der Waals surface area contributed by atoms with Crippen LogP contribution in [-0.4, -0.2) is 23.0 Å². The molecule has 2 fully saturated rings. The smallest absolute Gasteiger partial charge is 0.270 e. The molecule has 0 spiro atoms. The Morgan fingerprint density at radius 1 is 1.25 bits per heavy atom. The van der Waals surface area contributed by atoms with E-state index in [2.05, 4.69) is 15.6 Å². The van der Waals surface area contributed by atoms with Crippen molar-refractivity contribution in [3.05, 3.63) is 24.0 Å². The van der Waals surface area contributed by atoms with Crippen molar-refractivity contribution in [2.45, 2.75) is 37.8 Å². The average molecular weight is 217 g/mol. The predicted molar refractivity (Wildman–Crippen MR) is 61.4 cm³/mol. The molecule has 0 aromatic carbocycles.